The molecule has 0 aromatic rings. The zero-order valence-corrected chi connectivity index (χ0v) is 5.40. The number of ether oxygens (including phenoxy) is 1. The molecular weight excluding hydrogens is 120 g/mol. The van der Waals surface area contributed by atoms with Crippen LogP contribution in [0.4, 0.5) is 0 Å². The lowest BCUT2D eigenvalue weighted by Crippen LogP contribution is -1.97. The van der Waals surface area contributed by atoms with Crippen molar-refractivity contribution < 1.29 is 4.74 Å². The number of allylic oxidation sites excluding steroid dienone is 2. The van der Waals surface area contributed by atoms with Crippen LogP contribution >= 0.6 is 12.6 Å². The third-order valence-electron chi connectivity index (χ3n) is 0.979. The second-order valence-electron chi connectivity index (χ2n) is 1.62. The van der Waals surface area contributed by atoms with Crippen molar-refractivity contribution in [1.82, 2.24) is 0 Å². The molecule has 0 amide bonds. The van der Waals surface area contributed by atoms with Gasteiger partial charge in [0.25, 0.3) is 0 Å². The summed E-state index contributed by atoms with van der Waals surface area (Å²) in [4.78, 5) is 0. The molecular formula is C6H8OS. The highest BCUT2D eigenvalue weighted by atomic mass is 32.1. The molecule has 0 saturated carbocycles. The first kappa shape index (κ1) is 5.76. The molecule has 2 heteroatoms. The Bertz CT molecular complexity index is 126. The highest BCUT2D eigenvalue weighted by molar-refractivity contribution is 7.80. The Morgan fingerprint density at radius 3 is 3.00 bits per heavy atom. The molecule has 0 unspecified atom stereocenters. The maximum absolute atomic E-state index is 4.98. The van der Waals surface area contributed by atoms with E-state index in [-0.39, 0.29) is 0 Å². The quantitative estimate of drug-likeness (QED) is 0.525. The molecule has 0 aliphatic carbocycles. The molecule has 0 saturated heterocycles. The van der Waals surface area contributed by atoms with Crippen LogP contribution in [0.2, 0.25) is 0 Å². The summed E-state index contributed by atoms with van der Waals surface area (Å²) < 4.78 is 4.98. The fourth-order valence-corrected chi connectivity index (χ4v) is 0.729. The molecule has 0 radical (unpaired) electrons. The van der Waals surface area contributed by atoms with Crippen molar-refractivity contribution in [1.29, 1.82) is 0 Å². The molecule has 0 bridgehead atoms. The molecule has 1 heterocycles. The Hall–Kier alpha value is -0.370. The summed E-state index contributed by atoms with van der Waals surface area (Å²) in [7, 11) is 0. The largest absolute Gasteiger partial charge is 0.497 e. The molecule has 1 aliphatic heterocycles. The van der Waals surface area contributed by atoms with Crippen molar-refractivity contribution in [3.8, 4) is 0 Å². The topological polar surface area (TPSA) is 9.23 Å². The number of hydrogen-bond donors (Lipinski definition) is 1. The molecule has 0 aromatic heterocycles. The van der Waals surface area contributed by atoms with Crippen LogP contribution in [0, 0.1) is 0 Å². The lowest BCUT2D eigenvalue weighted by Gasteiger charge is -2.05. The molecule has 1 aliphatic rings. The summed E-state index contributed by atoms with van der Waals surface area (Å²) in [6.45, 7) is 0.708. The van der Waals surface area contributed by atoms with E-state index in [0.717, 1.165) is 5.75 Å². The Kier molecular flexibility index (Phi) is 2.03. The summed E-state index contributed by atoms with van der Waals surface area (Å²) in [5, 5.41) is 0. The van der Waals surface area contributed by atoms with Gasteiger partial charge in [-0.2, -0.15) is 12.6 Å². The van der Waals surface area contributed by atoms with Gasteiger partial charge in [-0.1, -0.05) is 6.08 Å². The average molecular weight is 128 g/mol. The van der Waals surface area contributed by atoms with E-state index >= 15 is 0 Å². The Balaban J connectivity index is 2.50. The molecule has 0 N–H and O–H groups in total. The molecule has 8 heavy (non-hydrogen) atoms. The maximum atomic E-state index is 4.98. The van der Waals surface area contributed by atoms with E-state index in [2.05, 4.69) is 12.6 Å². The van der Waals surface area contributed by atoms with Gasteiger partial charge >= 0.3 is 0 Å². The third-order valence-corrected chi connectivity index (χ3v) is 1.38. The van der Waals surface area contributed by atoms with E-state index < -0.39 is 0 Å². The van der Waals surface area contributed by atoms with Crippen LogP contribution in [0.15, 0.2) is 24.0 Å². The number of hydrogen-bond acceptors (Lipinski definition) is 2. The number of thiol groups is 1. The zero-order chi connectivity index (χ0) is 5.82. The molecule has 1 rings (SSSR count). The van der Waals surface area contributed by atoms with E-state index in [9.17, 15) is 0 Å². The van der Waals surface area contributed by atoms with Crippen LogP contribution < -0.4 is 0 Å². The summed E-state index contributed by atoms with van der Waals surface area (Å²) in [5.41, 5.74) is 1.23. The van der Waals surface area contributed by atoms with Crippen molar-refractivity contribution in [2.24, 2.45) is 0 Å². The van der Waals surface area contributed by atoms with Gasteiger partial charge in [0.2, 0.25) is 0 Å². The fraction of sp³-hybridized carbons (Fsp3) is 0.333. The Labute approximate surface area is 54.4 Å². The lowest BCUT2D eigenvalue weighted by atomic mass is 10.3. The van der Waals surface area contributed by atoms with Crippen LogP contribution in [0.25, 0.3) is 0 Å². The summed E-state index contributed by atoms with van der Waals surface area (Å²) >= 11 is 4.08. The van der Waals surface area contributed by atoms with Crippen molar-refractivity contribution in [2.45, 2.75) is 0 Å². The van der Waals surface area contributed by atoms with Gasteiger partial charge in [0.05, 0.1) is 6.26 Å². The predicted molar refractivity (Wildman–Crippen MR) is 37.0 cm³/mol. The van der Waals surface area contributed by atoms with Gasteiger partial charge in [-0.15, -0.1) is 0 Å². The van der Waals surface area contributed by atoms with Crippen molar-refractivity contribution >= 4 is 12.6 Å². The minimum Gasteiger partial charge on any atom is -0.497 e. The second kappa shape index (κ2) is 2.82. The monoisotopic (exact) mass is 128 g/mol. The Morgan fingerprint density at radius 2 is 2.62 bits per heavy atom. The summed E-state index contributed by atoms with van der Waals surface area (Å²) in [5.74, 6) is 0.796. The highest BCUT2D eigenvalue weighted by Gasteiger charge is 1.94. The molecule has 44 valence electrons. The fourth-order valence-electron chi connectivity index (χ4n) is 0.533. The first-order valence-electron chi connectivity index (χ1n) is 2.50. The van der Waals surface area contributed by atoms with Gasteiger partial charge in [-0.25, -0.2) is 0 Å². The van der Waals surface area contributed by atoms with E-state index in [1.165, 1.54) is 5.57 Å². The van der Waals surface area contributed by atoms with Gasteiger partial charge in [0, 0.05) is 5.75 Å². The van der Waals surface area contributed by atoms with Gasteiger partial charge in [0.15, 0.2) is 0 Å². The van der Waals surface area contributed by atoms with Crippen LogP contribution in [0.1, 0.15) is 0 Å². The standard InChI is InChI=1S/C6H8OS/c8-5-6-2-1-3-7-4-6/h1-3,8H,4-5H2. The highest BCUT2D eigenvalue weighted by Crippen LogP contribution is 2.03. The van der Waals surface area contributed by atoms with E-state index in [1.54, 1.807) is 6.26 Å². The van der Waals surface area contributed by atoms with Crippen molar-refractivity contribution in [3.05, 3.63) is 24.0 Å². The molecule has 0 aromatic carbocycles. The van der Waals surface area contributed by atoms with Crippen LogP contribution in [0.5, 0.6) is 0 Å². The smallest absolute Gasteiger partial charge is 0.110 e. The minimum absolute atomic E-state index is 0.708. The SMILES string of the molecule is SCC1=CC=COC1. The summed E-state index contributed by atoms with van der Waals surface area (Å²) in [6.07, 6.45) is 5.60. The molecule has 0 atom stereocenters. The number of rotatable bonds is 1. The minimum atomic E-state index is 0.708. The lowest BCUT2D eigenvalue weighted by molar-refractivity contribution is 0.276. The molecule has 0 spiro atoms. The first-order valence-corrected chi connectivity index (χ1v) is 3.14. The van der Waals surface area contributed by atoms with Gasteiger partial charge < -0.3 is 4.74 Å². The van der Waals surface area contributed by atoms with Gasteiger partial charge in [0.1, 0.15) is 6.61 Å². The van der Waals surface area contributed by atoms with E-state index in [1.807, 2.05) is 12.2 Å². The molecule has 1 nitrogen and oxygen atoms in total. The van der Waals surface area contributed by atoms with Crippen LogP contribution in [-0.4, -0.2) is 12.4 Å². The Morgan fingerprint density at radius 1 is 1.75 bits per heavy atom. The second-order valence-corrected chi connectivity index (χ2v) is 1.94. The van der Waals surface area contributed by atoms with Crippen LogP contribution in [-0.2, 0) is 4.74 Å². The summed E-state index contributed by atoms with van der Waals surface area (Å²) in [6, 6.07) is 0. The van der Waals surface area contributed by atoms with Crippen molar-refractivity contribution in [3.63, 3.8) is 0 Å². The first-order chi connectivity index (χ1) is 3.93. The zero-order valence-electron chi connectivity index (χ0n) is 4.50. The average Bonchev–Trinajstić information content (AvgIpc) is 1.90. The normalized spacial score (nSPS) is 17.4. The van der Waals surface area contributed by atoms with Crippen molar-refractivity contribution in [2.75, 3.05) is 12.4 Å². The third kappa shape index (κ3) is 1.30. The van der Waals surface area contributed by atoms with E-state index in [0.29, 0.717) is 6.61 Å². The van der Waals surface area contributed by atoms with Crippen LogP contribution in [0.3, 0.4) is 0 Å². The maximum Gasteiger partial charge on any atom is 0.110 e. The van der Waals surface area contributed by atoms with Gasteiger partial charge in [-0.05, 0) is 11.6 Å². The predicted octanol–water partition coefficient (Wildman–Crippen LogP) is 1.39. The van der Waals surface area contributed by atoms with E-state index in [4.69, 9.17) is 4.74 Å². The molecule has 0 fully saturated rings. The van der Waals surface area contributed by atoms with Gasteiger partial charge in [-0.3, -0.25) is 0 Å².